The Morgan fingerprint density at radius 1 is 1.28 bits per heavy atom. The Hall–Kier alpha value is -2.57. The van der Waals surface area contributed by atoms with Crippen LogP contribution in [0.15, 0.2) is 34.6 Å². The number of rotatable bonds is 4. The third kappa shape index (κ3) is 2.97. The highest BCUT2D eigenvalue weighted by atomic mass is 16.5. The normalized spacial score (nSPS) is 12.1. The number of benzene rings is 1. The van der Waals surface area contributed by atoms with Gasteiger partial charge in [-0.2, -0.15) is 0 Å². The number of methoxy groups -OCH3 is 1. The molecule has 0 aromatic heterocycles. The molecule has 3 N–H and O–H groups in total. The fraction of sp³-hybridized carbons (Fsp3) is 0.182. The minimum atomic E-state index is -0.711. The molecule has 96 valence electrons. The van der Waals surface area contributed by atoms with Gasteiger partial charge >= 0.3 is 0 Å². The van der Waals surface area contributed by atoms with E-state index in [9.17, 15) is 4.79 Å². The number of oxime groups is 2. The summed E-state index contributed by atoms with van der Waals surface area (Å²) >= 11 is 0. The molecule has 1 amide bonds. The Bertz CT molecular complexity index is 497. The number of nitrogens with zero attached hydrogens (tertiary/aromatic N) is 2. The van der Waals surface area contributed by atoms with Crippen LogP contribution in [0.5, 0.6) is 5.75 Å². The Morgan fingerprint density at radius 2 is 1.94 bits per heavy atom. The zero-order chi connectivity index (χ0) is 13.5. The van der Waals surface area contributed by atoms with Crippen LogP contribution in [0.3, 0.4) is 0 Å². The quantitative estimate of drug-likeness (QED) is 0.426. The van der Waals surface area contributed by atoms with Gasteiger partial charge in [-0.3, -0.25) is 4.79 Å². The van der Waals surface area contributed by atoms with E-state index in [1.165, 1.54) is 14.0 Å². The van der Waals surface area contributed by atoms with E-state index in [-0.39, 0.29) is 11.4 Å². The summed E-state index contributed by atoms with van der Waals surface area (Å²) in [5, 5.41) is 25.3. The fourth-order valence-corrected chi connectivity index (χ4v) is 1.26. The molecule has 7 heteroatoms. The van der Waals surface area contributed by atoms with Crippen molar-refractivity contribution in [2.45, 2.75) is 6.92 Å². The Balaban J connectivity index is 2.94. The molecule has 1 aromatic carbocycles. The van der Waals surface area contributed by atoms with Gasteiger partial charge in [-0.1, -0.05) is 22.4 Å². The summed E-state index contributed by atoms with van der Waals surface area (Å²) in [6, 6.07) is 6.74. The molecule has 0 aliphatic heterocycles. The predicted octanol–water partition coefficient (Wildman–Crippen LogP) is 1.31. The molecule has 1 rings (SSSR count). The van der Waals surface area contributed by atoms with Crippen LogP contribution >= 0.6 is 0 Å². The minimum absolute atomic E-state index is 0.107. The molecule has 0 atom stereocenters. The SMILES string of the molecule is COc1ccccc1NC(=O)C(=N\O)/C(C)=N/O. The number of carbonyl (C=O) groups is 1. The first-order chi connectivity index (χ1) is 8.63. The molecule has 0 fully saturated rings. The maximum absolute atomic E-state index is 11.8. The van der Waals surface area contributed by atoms with Crippen LogP contribution in [0.4, 0.5) is 5.69 Å². The van der Waals surface area contributed by atoms with Crippen molar-refractivity contribution in [3.8, 4) is 5.75 Å². The topological polar surface area (TPSA) is 104 Å². The van der Waals surface area contributed by atoms with E-state index in [2.05, 4.69) is 15.6 Å². The molecule has 0 radical (unpaired) electrons. The summed E-state index contributed by atoms with van der Waals surface area (Å²) in [6.45, 7) is 1.33. The molecular formula is C11H13N3O4. The van der Waals surface area contributed by atoms with Crippen molar-refractivity contribution in [1.29, 1.82) is 0 Å². The summed E-state index contributed by atoms with van der Waals surface area (Å²) in [4.78, 5) is 11.8. The second-order valence-electron chi connectivity index (χ2n) is 3.29. The molecule has 0 bridgehead atoms. The van der Waals surface area contributed by atoms with Gasteiger partial charge in [0.15, 0.2) is 5.71 Å². The van der Waals surface area contributed by atoms with Gasteiger partial charge in [-0.15, -0.1) is 0 Å². The highest BCUT2D eigenvalue weighted by Crippen LogP contribution is 2.22. The lowest BCUT2D eigenvalue weighted by molar-refractivity contribution is -0.110. The third-order valence-corrected chi connectivity index (χ3v) is 2.16. The highest BCUT2D eigenvalue weighted by molar-refractivity contribution is 6.68. The van der Waals surface area contributed by atoms with E-state index in [1.807, 2.05) is 0 Å². The van der Waals surface area contributed by atoms with Crippen LogP contribution in [-0.4, -0.2) is 34.9 Å². The van der Waals surface area contributed by atoms with Gasteiger partial charge in [0.25, 0.3) is 5.91 Å². The summed E-state index contributed by atoms with van der Waals surface area (Å²) in [5.41, 5.74) is -0.0785. The average molecular weight is 251 g/mol. The average Bonchev–Trinajstić information content (AvgIpc) is 2.39. The highest BCUT2D eigenvalue weighted by Gasteiger charge is 2.17. The lowest BCUT2D eigenvalue weighted by Crippen LogP contribution is -2.28. The minimum Gasteiger partial charge on any atom is -0.495 e. The van der Waals surface area contributed by atoms with Crippen molar-refractivity contribution < 1.29 is 19.9 Å². The maximum atomic E-state index is 11.8. The number of amides is 1. The standard InChI is InChI=1S/C11H13N3O4/c1-7(13-16)10(14-17)11(15)12-8-5-3-4-6-9(8)18-2/h3-6,16-17H,1-2H3,(H,12,15)/b13-7+,14-10-. The maximum Gasteiger partial charge on any atom is 0.279 e. The summed E-state index contributed by atoms with van der Waals surface area (Å²) in [5.74, 6) is -0.251. The number of para-hydroxylation sites is 2. The largest absolute Gasteiger partial charge is 0.495 e. The van der Waals surface area contributed by atoms with E-state index in [1.54, 1.807) is 24.3 Å². The van der Waals surface area contributed by atoms with E-state index in [4.69, 9.17) is 15.2 Å². The molecule has 0 aliphatic carbocycles. The van der Waals surface area contributed by atoms with Crippen molar-refractivity contribution in [1.82, 2.24) is 0 Å². The lowest BCUT2D eigenvalue weighted by Gasteiger charge is -2.09. The smallest absolute Gasteiger partial charge is 0.279 e. The number of ether oxygens (including phenoxy) is 1. The third-order valence-electron chi connectivity index (χ3n) is 2.16. The van der Waals surface area contributed by atoms with Crippen molar-refractivity contribution in [3.05, 3.63) is 24.3 Å². The molecule has 0 spiro atoms. The lowest BCUT2D eigenvalue weighted by atomic mass is 10.2. The van der Waals surface area contributed by atoms with Crippen molar-refractivity contribution in [2.75, 3.05) is 12.4 Å². The zero-order valence-corrected chi connectivity index (χ0v) is 9.91. The molecule has 0 heterocycles. The number of anilines is 1. The summed E-state index contributed by atoms with van der Waals surface area (Å²) < 4.78 is 5.05. The van der Waals surface area contributed by atoms with E-state index >= 15 is 0 Å². The van der Waals surface area contributed by atoms with Gasteiger partial charge in [0.05, 0.1) is 12.8 Å². The molecule has 0 unspecified atom stereocenters. The van der Waals surface area contributed by atoms with Gasteiger partial charge in [0, 0.05) is 0 Å². The van der Waals surface area contributed by atoms with Crippen LogP contribution in [-0.2, 0) is 4.79 Å². The van der Waals surface area contributed by atoms with Gasteiger partial charge in [0.1, 0.15) is 11.5 Å². The molecule has 0 saturated heterocycles. The monoisotopic (exact) mass is 251 g/mol. The van der Waals surface area contributed by atoms with E-state index < -0.39 is 5.91 Å². The molecule has 1 aromatic rings. The first kappa shape index (κ1) is 13.5. The number of nitrogens with one attached hydrogen (secondary N) is 1. The van der Waals surface area contributed by atoms with Crippen molar-refractivity contribution >= 4 is 23.0 Å². The first-order valence-corrected chi connectivity index (χ1v) is 4.99. The van der Waals surface area contributed by atoms with Crippen molar-refractivity contribution in [2.24, 2.45) is 10.3 Å². The Kier molecular flexibility index (Phi) is 4.67. The molecule has 0 saturated carbocycles. The van der Waals surface area contributed by atoms with E-state index in [0.29, 0.717) is 11.4 Å². The van der Waals surface area contributed by atoms with Crippen LogP contribution in [0.2, 0.25) is 0 Å². The van der Waals surface area contributed by atoms with Gasteiger partial charge in [0.2, 0.25) is 0 Å². The number of hydrogen-bond acceptors (Lipinski definition) is 6. The van der Waals surface area contributed by atoms with Crippen LogP contribution < -0.4 is 10.1 Å². The Labute approximate surface area is 103 Å². The molecule has 7 nitrogen and oxygen atoms in total. The van der Waals surface area contributed by atoms with E-state index in [0.717, 1.165) is 0 Å². The summed E-state index contributed by atoms with van der Waals surface area (Å²) in [6.07, 6.45) is 0. The Morgan fingerprint density at radius 3 is 2.50 bits per heavy atom. The van der Waals surface area contributed by atoms with Crippen LogP contribution in [0, 0.1) is 0 Å². The molecule has 0 aliphatic rings. The molecular weight excluding hydrogens is 238 g/mol. The van der Waals surface area contributed by atoms with Gasteiger partial charge in [-0.25, -0.2) is 0 Å². The van der Waals surface area contributed by atoms with Gasteiger partial charge in [-0.05, 0) is 19.1 Å². The van der Waals surface area contributed by atoms with Crippen molar-refractivity contribution in [3.63, 3.8) is 0 Å². The fourth-order valence-electron chi connectivity index (χ4n) is 1.26. The first-order valence-electron chi connectivity index (χ1n) is 4.99. The second-order valence-corrected chi connectivity index (χ2v) is 3.29. The van der Waals surface area contributed by atoms with Crippen LogP contribution in [0.25, 0.3) is 0 Å². The predicted molar refractivity (Wildman–Crippen MR) is 65.7 cm³/mol. The zero-order valence-electron chi connectivity index (χ0n) is 9.91. The van der Waals surface area contributed by atoms with Crippen LogP contribution in [0.1, 0.15) is 6.92 Å². The summed E-state index contributed by atoms with van der Waals surface area (Å²) in [7, 11) is 1.46. The van der Waals surface area contributed by atoms with Gasteiger partial charge < -0.3 is 20.5 Å². The number of hydrogen-bond donors (Lipinski definition) is 3. The number of carbonyl (C=O) groups excluding carboxylic acids is 1. The molecule has 18 heavy (non-hydrogen) atoms. The second kappa shape index (κ2) is 6.24.